The molecule has 0 N–H and O–H groups in total. The molecule has 4 heteroatoms. The summed E-state index contributed by atoms with van der Waals surface area (Å²) in [6.07, 6.45) is 1.98. The minimum Gasteiger partial charge on any atom is -0.311 e. The number of nitrogens with zero attached hydrogens (tertiary/aromatic N) is 1. The van der Waals surface area contributed by atoms with Crippen molar-refractivity contribution in [3.05, 3.63) is 28.2 Å². The van der Waals surface area contributed by atoms with Gasteiger partial charge in [0, 0.05) is 16.7 Å². The third-order valence-corrected chi connectivity index (χ3v) is 4.02. The molecule has 1 aliphatic rings. The Labute approximate surface area is 112 Å². The zero-order valence-electron chi connectivity index (χ0n) is 9.04. The Morgan fingerprint density at radius 1 is 1.38 bits per heavy atom. The number of alkyl halides is 1. The van der Waals surface area contributed by atoms with Crippen LogP contribution < -0.4 is 4.90 Å². The monoisotopic (exact) mass is 345 g/mol. The van der Waals surface area contributed by atoms with Gasteiger partial charge in [-0.3, -0.25) is 4.79 Å². The molecule has 2 nitrogen and oxygen atoms in total. The predicted octanol–water partition coefficient (Wildman–Crippen LogP) is 3.65. The van der Waals surface area contributed by atoms with E-state index in [9.17, 15) is 4.79 Å². The molecule has 0 radical (unpaired) electrons. The molecule has 0 aliphatic carbocycles. The number of hydrogen-bond donors (Lipinski definition) is 0. The summed E-state index contributed by atoms with van der Waals surface area (Å²) in [6.45, 7) is 2.85. The highest BCUT2D eigenvalue weighted by Gasteiger charge is 2.27. The second-order valence-corrected chi connectivity index (χ2v) is 6.11. The van der Waals surface area contributed by atoms with Crippen LogP contribution in [-0.4, -0.2) is 17.3 Å². The summed E-state index contributed by atoms with van der Waals surface area (Å²) >= 11 is 6.89. The number of carbonyl (C=O) groups excluding carboxylic acids is 1. The maximum atomic E-state index is 12.0. The molecule has 1 saturated heterocycles. The molecule has 1 unspecified atom stereocenters. The molecule has 0 spiro atoms. The Morgan fingerprint density at radius 3 is 2.81 bits per heavy atom. The molecular formula is C12H13Br2NO. The molecule has 0 bridgehead atoms. The van der Waals surface area contributed by atoms with Crippen LogP contribution in [-0.2, 0) is 4.79 Å². The molecule has 0 aromatic heterocycles. The molecule has 0 saturated carbocycles. The smallest absolute Gasteiger partial charge is 0.240 e. The average molecular weight is 347 g/mol. The SMILES string of the molecule is Cc1cc(Br)cc(N2CCCC(Br)C2=O)c1. The van der Waals surface area contributed by atoms with Crippen LogP contribution in [0.5, 0.6) is 0 Å². The minimum absolute atomic E-state index is 0.0273. The molecule has 16 heavy (non-hydrogen) atoms. The van der Waals surface area contributed by atoms with E-state index in [0.717, 1.165) is 35.1 Å². The number of hydrogen-bond acceptors (Lipinski definition) is 1. The van der Waals surface area contributed by atoms with E-state index in [1.54, 1.807) is 0 Å². The summed E-state index contributed by atoms with van der Waals surface area (Å²) in [5, 5.41) is 0. The Bertz CT molecular complexity index is 399. The highest BCUT2D eigenvalue weighted by Crippen LogP contribution is 2.27. The van der Waals surface area contributed by atoms with Crippen LogP contribution >= 0.6 is 31.9 Å². The van der Waals surface area contributed by atoms with Crippen molar-refractivity contribution in [1.82, 2.24) is 0 Å². The van der Waals surface area contributed by atoms with Gasteiger partial charge in [-0.05, 0) is 43.5 Å². The number of rotatable bonds is 1. The third kappa shape index (κ3) is 2.48. The summed E-state index contributed by atoms with van der Waals surface area (Å²) in [4.78, 5) is 13.8. The van der Waals surface area contributed by atoms with E-state index in [4.69, 9.17) is 0 Å². The van der Waals surface area contributed by atoms with Gasteiger partial charge in [0.05, 0.1) is 4.83 Å². The van der Waals surface area contributed by atoms with E-state index < -0.39 is 0 Å². The van der Waals surface area contributed by atoms with E-state index in [1.807, 2.05) is 30.0 Å². The van der Waals surface area contributed by atoms with Crippen molar-refractivity contribution >= 4 is 43.5 Å². The Kier molecular flexibility index (Phi) is 3.70. The second-order valence-electron chi connectivity index (χ2n) is 4.09. The first kappa shape index (κ1) is 12.1. The first-order chi connectivity index (χ1) is 7.58. The summed E-state index contributed by atoms with van der Waals surface area (Å²) in [6, 6.07) is 6.09. The van der Waals surface area contributed by atoms with Crippen molar-refractivity contribution in [2.75, 3.05) is 11.4 Å². The lowest BCUT2D eigenvalue weighted by molar-refractivity contribution is -0.118. The molecule has 2 rings (SSSR count). The highest BCUT2D eigenvalue weighted by atomic mass is 79.9. The van der Waals surface area contributed by atoms with Crippen molar-refractivity contribution in [2.24, 2.45) is 0 Å². The molecule has 1 aromatic rings. The number of piperidine rings is 1. The van der Waals surface area contributed by atoms with Crippen LogP contribution in [0.2, 0.25) is 0 Å². The average Bonchev–Trinajstić information content (AvgIpc) is 2.20. The van der Waals surface area contributed by atoms with Crippen LogP contribution in [0.1, 0.15) is 18.4 Å². The van der Waals surface area contributed by atoms with Gasteiger partial charge in [-0.15, -0.1) is 0 Å². The van der Waals surface area contributed by atoms with Crippen molar-refractivity contribution in [1.29, 1.82) is 0 Å². The zero-order valence-corrected chi connectivity index (χ0v) is 12.2. The summed E-state index contributed by atoms with van der Waals surface area (Å²) < 4.78 is 1.02. The maximum absolute atomic E-state index is 12.0. The number of halogens is 2. The number of amides is 1. The van der Waals surface area contributed by atoms with E-state index in [2.05, 4.69) is 31.9 Å². The van der Waals surface area contributed by atoms with Crippen molar-refractivity contribution in [3.63, 3.8) is 0 Å². The van der Waals surface area contributed by atoms with Gasteiger partial charge in [-0.1, -0.05) is 31.9 Å². The van der Waals surface area contributed by atoms with Crippen LogP contribution in [0, 0.1) is 6.92 Å². The fourth-order valence-electron chi connectivity index (χ4n) is 1.96. The molecule has 1 aliphatic heterocycles. The molecule has 1 heterocycles. The Balaban J connectivity index is 2.32. The normalized spacial score (nSPS) is 21.3. The topological polar surface area (TPSA) is 20.3 Å². The predicted molar refractivity (Wildman–Crippen MR) is 73.2 cm³/mol. The van der Waals surface area contributed by atoms with Gasteiger partial charge >= 0.3 is 0 Å². The van der Waals surface area contributed by atoms with E-state index in [0.29, 0.717) is 0 Å². The molecular weight excluding hydrogens is 334 g/mol. The highest BCUT2D eigenvalue weighted by molar-refractivity contribution is 9.10. The molecule has 86 valence electrons. The number of aryl methyl sites for hydroxylation is 1. The Morgan fingerprint density at radius 2 is 2.12 bits per heavy atom. The van der Waals surface area contributed by atoms with Gasteiger partial charge in [0.2, 0.25) is 5.91 Å². The number of benzene rings is 1. The molecule has 1 fully saturated rings. The van der Waals surface area contributed by atoms with Gasteiger partial charge < -0.3 is 4.90 Å². The van der Waals surface area contributed by atoms with Gasteiger partial charge in [0.1, 0.15) is 0 Å². The maximum Gasteiger partial charge on any atom is 0.240 e. The van der Waals surface area contributed by atoms with Crippen molar-refractivity contribution in [2.45, 2.75) is 24.6 Å². The van der Waals surface area contributed by atoms with E-state index in [1.165, 1.54) is 0 Å². The van der Waals surface area contributed by atoms with Crippen LogP contribution in [0.3, 0.4) is 0 Å². The van der Waals surface area contributed by atoms with Gasteiger partial charge in [0.25, 0.3) is 0 Å². The summed E-state index contributed by atoms with van der Waals surface area (Å²) in [7, 11) is 0. The van der Waals surface area contributed by atoms with E-state index >= 15 is 0 Å². The minimum atomic E-state index is -0.0273. The largest absolute Gasteiger partial charge is 0.311 e. The van der Waals surface area contributed by atoms with Crippen LogP contribution in [0.25, 0.3) is 0 Å². The van der Waals surface area contributed by atoms with Crippen molar-refractivity contribution in [3.8, 4) is 0 Å². The molecule has 1 aromatic carbocycles. The van der Waals surface area contributed by atoms with Crippen LogP contribution in [0.4, 0.5) is 5.69 Å². The summed E-state index contributed by atoms with van der Waals surface area (Å²) in [5.74, 6) is 0.170. The standard InChI is InChI=1S/C12H13Br2NO/c1-8-5-9(13)7-10(6-8)15-4-2-3-11(14)12(15)16/h5-7,11H,2-4H2,1H3. The number of anilines is 1. The van der Waals surface area contributed by atoms with Crippen molar-refractivity contribution < 1.29 is 4.79 Å². The van der Waals surface area contributed by atoms with Gasteiger partial charge in [0.15, 0.2) is 0 Å². The van der Waals surface area contributed by atoms with E-state index in [-0.39, 0.29) is 10.7 Å². The lowest BCUT2D eigenvalue weighted by Crippen LogP contribution is -2.41. The first-order valence-electron chi connectivity index (χ1n) is 5.30. The fraction of sp³-hybridized carbons (Fsp3) is 0.417. The summed E-state index contributed by atoms with van der Waals surface area (Å²) in [5.41, 5.74) is 2.15. The lowest BCUT2D eigenvalue weighted by atomic mass is 10.1. The van der Waals surface area contributed by atoms with Gasteiger partial charge in [-0.25, -0.2) is 0 Å². The Hall–Kier alpha value is -0.350. The second kappa shape index (κ2) is 4.88. The lowest BCUT2D eigenvalue weighted by Gasteiger charge is -2.30. The molecule has 1 atom stereocenters. The first-order valence-corrected chi connectivity index (χ1v) is 7.01. The third-order valence-electron chi connectivity index (χ3n) is 2.71. The van der Waals surface area contributed by atoms with Gasteiger partial charge in [-0.2, -0.15) is 0 Å². The fourth-order valence-corrected chi connectivity index (χ4v) is 3.13. The number of carbonyl (C=O) groups is 1. The quantitative estimate of drug-likeness (QED) is 0.711. The van der Waals surface area contributed by atoms with Crippen LogP contribution in [0.15, 0.2) is 22.7 Å². The zero-order chi connectivity index (χ0) is 11.7. The molecule has 1 amide bonds.